The van der Waals surface area contributed by atoms with E-state index in [0.717, 1.165) is 0 Å². The van der Waals surface area contributed by atoms with E-state index in [-0.39, 0.29) is 43.4 Å². The van der Waals surface area contributed by atoms with Crippen molar-refractivity contribution in [3.63, 3.8) is 0 Å². The lowest BCUT2D eigenvalue weighted by Gasteiger charge is -2.31. The summed E-state index contributed by atoms with van der Waals surface area (Å²) in [5.41, 5.74) is 14.0. The average molecular weight is 647 g/mol. The maximum Gasteiger partial charge on any atom is 0.306 e. The first-order valence-corrected chi connectivity index (χ1v) is 15.3. The van der Waals surface area contributed by atoms with Crippen molar-refractivity contribution in [2.24, 2.45) is 10.1 Å². The van der Waals surface area contributed by atoms with Crippen LogP contribution < -0.4 is 15.6 Å². The van der Waals surface area contributed by atoms with Crippen LogP contribution in [0.5, 0.6) is 5.75 Å². The number of aliphatic hydroxyl groups excluding tert-OH is 1. The number of esters is 1. The van der Waals surface area contributed by atoms with Crippen LogP contribution >= 0.6 is 0 Å². The van der Waals surface area contributed by atoms with Crippen LogP contribution in [0.1, 0.15) is 62.8 Å². The molecule has 1 aliphatic rings. The van der Waals surface area contributed by atoms with Gasteiger partial charge in [-0.2, -0.15) is 0 Å². The lowest BCUT2D eigenvalue weighted by Crippen LogP contribution is -2.53. The van der Waals surface area contributed by atoms with E-state index in [0.29, 0.717) is 41.9 Å². The van der Waals surface area contributed by atoms with Crippen LogP contribution in [-0.2, 0) is 25.5 Å². The maximum absolute atomic E-state index is 14.2. The van der Waals surface area contributed by atoms with Crippen molar-refractivity contribution in [3.05, 3.63) is 106 Å². The van der Waals surface area contributed by atoms with E-state index in [4.69, 9.17) is 24.3 Å². The fourth-order valence-corrected chi connectivity index (χ4v) is 5.03. The van der Waals surface area contributed by atoms with Gasteiger partial charge in [0.25, 0.3) is 5.91 Å². The summed E-state index contributed by atoms with van der Waals surface area (Å²) in [5.74, 6) is -0.814. The SMILES string of the molecule is CC(C)(C)OC(=O)CC[C@]1(C(=O)NNCCc2ccccc2F)N=C(c2ccc(OCCCO)cc2)O[C@H]1c1ccccc1N=[N+]=[N-]. The summed E-state index contributed by atoms with van der Waals surface area (Å²) in [6, 6.07) is 19.9. The lowest BCUT2D eigenvalue weighted by molar-refractivity contribution is -0.155. The third kappa shape index (κ3) is 9.29. The summed E-state index contributed by atoms with van der Waals surface area (Å²) in [6.45, 7) is 5.79. The lowest BCUT2D eigenvalue weighted by atomic mass is 9.83. The third-order valence-electron chi connectivity index (χ3n) is 7.21. The Kier molecular flexibility index (Phi) is 11.9. The summed E-state index contributed by atoms with van der Waals surface area (Å²) >= 11 is 0. The molecule has 3 aromatic carbocycles. The van der Waals surface area contributed by atoms with Gasteiger partial charge in [0.2, 0.25) is 5.90 Å². The van der Waals surface area contributed by atoms with Crippen molar-refractivity contribution in [1.29, 1.82) is 0 Å². The summed E-state index contributed by atoms with van der Waals surface area (Å²) in [7, 11) is 0. The number of hydrogen-bond acceptors (Lipinski definition) is 9. The molecule has 0 saturated heterocycles. The van der Waals surface area contributed by atoms with Crippen LogP contribution in [0.2, 0.25) is 0 Å². The minimum absolute atomic E-state index is 0.00683. The van der Waals surface area contributed by atoms with Gasteiger partial charge in [-0.1, -0.05) is 47.6 Å². The van der Waals surface area contributed by atoms with E-state index < -0.39 is 29.1 Å². The molecule has 1 heterocycles. The monoisotopic (exact) mass is 646 g/mol. The molecular formula is C34H39FN6O6. The van der Waals surface area contributed by atoms with Crippen molar-refractivity contribution < 1.29 is 33.3 Å². The zero-order valence-electron chi connectivity index (χ0n) is 26.6. The molecule has 0 radical (unpaired) electrons. The number of benzene rings is 3. The first kappa shape index (κ1) is 34.9. The van der Waals surface area contributed by atoms with Gasteiger partial charge in [0.15, 0.2) is 11.6 Å². The number of hydrogen-bond donors (Lipinski definition) is 3. The van der Waals surface area contributed by atoms with Gasteiger partial charge in [0.05, 0.1) is 6.61 Å². The molecule has 47 heavy (non-hydrogen) atoms. The number of carbonyl (C=O) groups is 2. The number of hydrazine groups is 1. The number of aliphatic imine (C=N–C) groups is 1. The molecule has 0 spiro atoms. The van der Waals surface area contributed by atoms with Gasteiger partial charge in [-0.05, 0) is 75.0 Å². The predicted octanol–water partition coefficient (Wildman–Crippen LogP) is 5.77. The number of carbonyl (C=O) groups excluding carboxylic acids is 2. The van der Waals surface area contributed by atoms with Crippen LogP contribution in [0.25, 0.3) is 10.4 Å². The number of rotatable bonds is 15. The quantitative estimate of drug-likeness (QED) is 0.0470. The Labute approximate surface area is 272 Å². The molecule has 0 unspecified atom stereocenters. The van der Waals surface area contributed by atoms with Gasteiger partial charge in [-0.3, -0.25) is 15.0 Å². The average Bonchev–Trinajstić information content (AvgIpc) is 3.43. The second kappa shape index (κ2) is 16.0. The number of halogens is 1. The molecule has 248 valence electrons. The van der Waals surface area contributed by atoms with E-state index in [1.165, 1.54) is 6.07 Å². The maximum atomic E-state index is 14.2. The standard InChI is InChI=1S/C34H39FN6O6/c1-33(2,3)47-29(43)17-19-34(32(44)40-37-20-18-23-9-4-6-11-27(23)35)30(26-10-5-7-12-28(26)39-41-36)46-31(38-34)24-13-15-25(16-14-24)45-22-8-21-42/h4-7,9-16,30,37,42H,8,17-22H2,1-3H3,(H,40,44)/t30-,34-/m0/s1. The van der Waals surface area contributed by atoms with E-state index in [9.17, 15) is 19.5 Å². The highest BCUT2D eigenvalue weighted by atomic mass is 19.1. The molecule has 0 aromatic heterocycles. The van der Waals surface area contributed by atoms with Crippen molar-refractivity contribution in [1.82, 2.24) is 10.9 Å². The number of aliphatic hydroxyl groups is 1. The van der Waals surface area contributed by atoms with Gasteiger partial charge >= 0.3 is 5.97 Å². The molecule has 0 fully saturated rings. The normalized spacial score (nSPS) is 17.2. The summed E-state index contributed by atoms with van der Waals surface area (Å²) in [6.07, 6.45) is -0.649. The largest absolute Gasteiger partial charge is 0.494 e. The molecule has 1 amide bonds. The van der Waals surface area contributed by atoms with E-state index in [1.54, 1.807) is 87.5 Å². The molecule has 2 atom stereocenters. The molecule has 0 saturated carbocycles. The van der Waals surface area contributed by atoms with Crippen LogP contribution in [0.4, 0.5) is 10.1 Å². The summed E-state index contributed by atoms with van der Waals surface area (Å²) in [5, 5.41) is 12.9. The Morgan fingerprint density at radius 3 is 2.53 bits per heavy atom. The second-order valence-electron chi connectivity index (χ2n) is 11.8. The number of nitrogens with zero attached hydrogens (tertiary/aromatic N) is 4. The van der Waals surface area contributed by atoms with Crippen molar-refractivity contribution in [2.75, 3.05) is 19.8 Å². The van der Waals surface area contributed by atoms with Gasteiger partial charge < -0.3 is 19.3 Å². The number of amides is 1. The molecular weight excluding hydrogens is 607 g/mol. The molecule has 1 aliphatic heterocycles. The van der Waals surface area contributed by atoms with Crippen LogP contribution in [0.15, 0.2) is 82.9 Å². The fraction of sp³-hybridized carbons (Fsp3) is 0.382. The number of azide groups is 1. The topological polar surface area (TPSA) is 167 Å². The Morgan fingerprint density at radius 2 is 1.83 bits per heavy atom. The molecule has 4 rings (SSSR count). The van der Waals surface area contributed by atoms with Gasteiger partial charge in [0.1, 0.15) is 17.2 Å². The molecule has 12 nitrogen and oxygen atoms in total. The second-order valence-corrected chi connectivity index (χ2v) is 11.8. The Balaban J connectivity index is 1.71. The van der Waals surface area contributed by atoms with E-state index in [1.807, 2.05) is 0 Å². The first-order chi connectivity index (χ1) is 22.6. The molecule has 0 bridgehead atoms. The number of ether oxygens (including phenoxy) is 3. The third-order valence-corrected chi connectivity index (χ3v) is 7.21. The van der Waals surface area contributed by atoms with Crippen LogP contribution in [-0.4, -0.2) is 53.8 Å². The molecule has 3 aromatic rings. The predicted molar refractivity (Wildman–Crippen MR) is 173 cm³/mol. The highest BCUT2D eigenvalue weighted by molar-refractivity contribution is 6.01. The zero-order valence-corrected chi connectivity index (χ0v) is 26.6. The van der Waals surface area contributed by atoms with Crippen molar-refractivity contribution in [2.45, 2.75) is 63.7 Å². The van der Waals surface area contributed by atoms with Gasteiger partial charge in [-0.15, -0.1) is 0 Å². The highest BCUT2D eigenvalue weighted by Crippen LogP contribution is 2.46. The van der Waals surface area contributed by atoms with E-state index in [2.05, 4.69) is 20.9 Å². The minimum atomic E-state index is -1.73. The molecule has 13 heteroatoms. The Hall–Kier alpha value is -4.97. The molecule has 3 N–H and O–H groups in total. The minimum Gasteiger partial charge on any atom is -0.494 e. The van der Waals surface area contributed by atoms with Crippen molar-refractivity contribution >= 4 is 23.5 Å². The highest BCUT2D eigenvalue weighted by Gasteiger charge is 2.54. The van der Waals surface area contributed by atoms with Gasteiger partial charge in [0, 0.05) is 47.7 Å². The van der Waals surface area contributed by atoms with Crippen LogP contribution in [0.3, 0.4) is 0 Å². The molecule has 0 aliphatic carbocycles. The fourth-order valence-electron chi connectivity index (χ4n) is 5.03. The van der Waals surface area contributed by atoms with Crippen LogP contribution in [0, 0.1) is 5.82 Å². The first-order valence-electron chi connectivity index (χ1n) is 15.3. The van der Waals surface area contributed by atoms with Gasteiger partial charge in [-0.25, -0.2) is 14.8 Å². The number of nitrogens with one attached hydrogen (secondary N) is 2. The smallest absolute Gasteiger partial charge is 0.306 e. The van der Waals surface area contributed by atoms with E-state index >= 15 is 0 Å². The Morgan fingerprint density at radius 1 is 1.11 bits per heavy atom. The Bertz CT molecular complexity index is 1620. The summed E-state index contributed by atoms with van der Waals surface area (Å²) in [4.78, 5) is 35.0. The summed E-state index contributed by atoms with van der Waals surface area (Å²) < 4.78 is 31.8. The van der Waals surface area contributed by atoms with Crippen molar-refractivity contribution in [3.8, 4) is 5.75 Å². The zero-order chi connectivity index (χ0) is 33.9.